The van der Waals surface area contributed by atoms with Crippen LogP contribution in [0.2, 0.25) is 5.02 Å². The van der Waals surface area contributed by atoms with Crippen molar-refractivity contribution >= 4 is 45.2 Å². The van der Waals surface area contributed by atoms with Gasteiger partial charge in [-0.1, -0.05) is 11.6 Å². The van der Waals surface area contributed by atoms with Crippen LogP contribution in [0.25, 0.3) is 11.0 Å². The van der Waals surface area contributed by atoms with Gasteiger partial charge in [-0.15, -0.1) is 0 Å². The van der Waals surface area contributed by atoms with E-state index in [1.165, 1.54) is 0 Å². The highest BCUT2D eigenvalue weighted by Gasteiger charge is 2.06. The zero-order valence-electron chi connectivity index (χ0n) is 5.73. The van der Waals surface area contributed by atoms with E-state index < -0.39 is 0 Å². The number of aromatic amines is 1. The van der Waals surface area contributed by atoms with Gasteiger partial charge in [0.1, 0.15) is 0 Å². The molecule has 0 aliphatic rings. The Morgan fingerprint density at radius 3 is 3.00 bits per heavy atom. The molecule has 0 bridgehead atoms. The van der Waals surface area contributed by atoms with Crippen molar-refractivity contribution in [3.05, 3.63) is 31.1 Å². The third-order valence-corrected chi connectivity index (χ3v) is 3.04. The van der Waals surface area contributed by atoms with Gasteiger partial charge in [0, 0.05) is 3.57 Å². The van der Waals surface area contributed by atoms with Crippen molar-refractivity contribution in [1.82, 2.24) is 5.16 Å². The number of aromatic nitrogens is 1. The first-order valence-corrected chi connectivity index (χ1v) is 4.60. The Morgan fingerprint density at radius 1 is 1.50 bits per heavy atom. The number of rotatable bonds is 0. The van der Waals surface area contributed by atoms with E-state index in [4.69, 9.17) is 16.1 Å². The third kappa shape index (κ3) is 1.15. The highest BCUT2D eigenvalue weighted by molar-refractivity contribution is 14.1. The molecule has 2 rings (SSSR count). The molecule has 12 heavy (non-hydrogen) atoms. The minimum atomic E-state index is -0.247. The largest absolute Gasteiger partial charge is 0.378 e. The third-order valence-electron chi connectivity index (χ3n) is 1.52. The molecule has 1 N–H and O–H groups in total. The zero-order valence-corrected chi connectivity index (χ0v) is 8.64. The number of halogens is 2. The van der Waals surface area contributed by atoms with E-state index in [-0.39, 0.29) is 5.56 Å². The first-order valence-electron chi connectivity index (χ1n) is 3.15. The molecule has 5 heteroatoms. The van der Waals surface area contributed by atoms with E-state index in [1.807, 2.05) is 0 Å². The van der Waals surface area contributed by atoms with E-state index in [1.54, 1.807) is 12.1 Å². The average Bonchev–Trinajstić information content (AvgIpc) is 2.35. The van der Waals surface area contributed by atoms with Crippen LogP contribution in [0.1, 0.15) is 0 Å². The predicted octanol–water partition coefficient (Wildman–Crippen LogP) is 2.38. The molecular weight excluding hydrogens is 292 g/mol. The van der Waals surface area contributed by atoms with Gasteiger partial charge >= 0.3 is 0 Å². The number of fused-ring (bicyclic) bond motifs is 1. The quantitative estimate of drug-likeness (QED) is 0.759. The monoisotopic (exact) mass is 295 g/mol. The van der Waals surface area contributed by atoms with Crippen molar-refractivity contribution in [2.75, 3.05) is 0 Å². The van der Waals surface area contributed by atoms with Gasteiger partial charge in [-0.3, -0.25) is 4.79 Å². The minimum absolute atomic E-state index is 0.247. The van der Waals surface area contributed by atoms with E-state index in [0.717, 1.165) is 3.57 Å². The Hall–Kier alpha value is -0.490. The van der Waals surface area contributed by atoms with Gasteiger partial charge in [-0.05, 0) is 34.7 Å². The summed E-state index contributed by atoms with van der Waals surface area (Å²) >= 11 is 7.89. The Balaban J connectivity index is 2.97. The van der Waals surface area contributed by atoms with Gasteiger partial charge in [0.05, 0.1) is 10.4 Å². The molecule has 1 aromatic heterocycles. The van der Waals surface area contributed by atoms with Crippen molar-refractivity contribution < 1.29 is 4.52 Å². The first-order chi connectivity index (χ1) is 5.68. The van der Waals surface area contributed by atoms with Gasteiger partial charge in [0.25, 0.3) is 5.56 Å². The van der Waals surface area contributed by atoms with Gasteiger partial charge in [-0.2, -0.15) is 5.16 Å². The molecule has 3 nitrogen and oxygen atoms in total. The normalized spacial score (nSPS) is 10.8. The maximum Gasteiger partial charge on any atom is 0.287 e. The summed E-state index contributed by atoms with van der Waals surface area (Å²) in [5.41, 5.74) is 0.289. The van der Waals surface area contributed by atoms with Gasteiger partial charge < -0.3 is 4.52 Å². The molecule has 0 saturated heterocycles. The Bertz CT molecular complexity index is 488. The fourth-order valence-electron chi connectivity index (χ4n) is 0.947. The Morgan fingerprint density at radius 2 is 2.25 bits per heavy atom. The summed E-state index contributed by atoms with van der Waals surface area (Å²) in [7, 11) is 0. The predicted molar refractivity (Wildman–Crippen MR) is 54.6 cm³/mol. The van der Waals surface area contributed by atoms with Gasteiger partial charge in [0.15, 0.2) is 5.58 Å². The van der Waals surface area contributed by atoms with Crippen LogP contribution >= 0.6 is 34.2 Å². The van der Waals surface area contributed by atoms with Crippen LogP contribution in [0, 0.1) is 3.57 Å². The number of benzene rings is 1. The van der Waals surface area contributed by atoms with Crippen LogP contribution in [-0.4, -0.2) is 5.16 Å². The second-order valence-electron chi connectivity index (χ2n) is 2.30. The molecule has 0 saturated carbocycles. The van der Waals surface area contributed by atoms with Crippen LogP contribution in [0.5, 0.6) is 0 Å². The summed E-state index contributed by atoms with van der Waals surface area (Å²) in [6, 6.07) is 3.32. The maximum atomic E-state index is 11.0. The molecule has 0 amide bonds. The summed E-state index contributed by atoms with van der Waals surface area (Å²) in [5.74, 6) is 0. The van der Waals surface area contributed by atoms with Gasteiger partial charge in [0.2, 0.25) is 0 Å². The summed E-state index contributed by atoms with van der Waals surface area (Å²) in [6.07, 6.45) is 0. The van der Waals surface area contributed by atoms with Crippen LogP contribution in [0.3, 0.4) is 0 Å². The fourth-order valence-corrected chi connectivity index (χ4v) is 1.55. The van der Waals surface area contributed by atoms with Crippen LogP contribution in [0.15, 0.2) is 21.5 Å². The lowest BCUT2D eigenvalue weighted by molar-refractivity contribution is 0.449. The molecule has 1 aromatic carbocycles. The molecule has 0 aliphatic heterocycles. The second kappa shape index (κ2) is 2.77. The summed E-state index contributed by atoms with van der Waals surface area (Å²) in [5, 5.41) is 3.29. The number of nitrogens with one attached hydrogen (secondary N) is 1. The smallest absolute Gasteiger partial charge is 0.287 e. The van der Waals surface area contributed by atoms with E-state index in [0.29, 0.717) is 16.0 Å². The lowest BCUT2D eigenvalue weighted by atomic mass is 10.3. The highest BCUT2D eigenvalue weighted by atomic mass is 127. The SMILES string of the molecule is O=c1[nH]oc2cc(I)c(Cl)cc12. The molecule has 0 unspecified atom stereocenters. The molecule has 0 radical (unpaired) electrons. The topological polar surface area (TPSA) is 46.0 Å². The molecule has 0 atom stereocenters. The van der Waals surface area contributed by atoms with Crippen molar-refractivity contribution in [1.29, 1.82) is 0 Å². The van der Waals surface area contributed by atoms with Crippen molar-refractivity contribution in [3.63, 3.8) is 0 Å². The average molecular weight is 295 g/mol. The standard InChI is InChI=1S/C7H3ClINO2/c8-4-1-3-6(2-5(4)9)12-10-7(3)11/h1-2H,(H,10,11). The lowest BCUT2D eigenvalue weighted by Crippen LogP contribution is -1.96. The summed E-state index contributed by atoms with van der Waals surface area (Å²) in [4.78, 5) is 11.0. The van der Waals surface area contributed by atoms with Crippen LogP contribution in [-0.2, 0) is 0 Å². The zero-order chi connectivity index (χ0) is 8.72. The molecule has 0 spiro atoms. The first kappa shape index (κ1) is 8.12. The highest BCUT2D eigenvalue weighted by Crippen LogP contribution is 2.22. The Labute approximate surface area is 85.8 Å². The molecule has 0 fully saturated rings. The van der Waals surface area contributed by atoms with Crippen molar-refractivity contribution in [2.24, 2.45) is 0 Å². The number of H-pyrrole nitrogens is 1. The maximum absolute atomic E-state index is 11.0. The van der Waals surface area contributed by atoms with Crippen LogP contribution in [0.4, 0.5) is 0 Å². The van der Waals surface area contributed by atoms with Gasteiger partial charge in [-0.25, -0.2) is 0 Å². The van der Waals surface area contributed by atoms with E-state index in [2.05, 4.69) is 27.7 Å². The molecular formula is C7H3ClINO2. The molecule has 2 aromatic rings. The van der Waals surface area contributed by atoms with Crippen molar-refractivity contribution in [3.8, 4) is 0 Å². The number of hydrogen-bond donors (Lipinski definition) is 1. The fraction of sp³-hybridized carbons (Fsp3) is 0. The van der Waals surface area contributed by atoms with E-state index in [9.17, 15) is 4.79 Å². The molecule has 0 aliphatic carbocycles. The lowest BCUT2D eigenvalue weighted by Gasteiger charge is -1.91. The van der Waals surface area contributed by atoms with Crippen molar-refractivity contribution in [2.45, 2.75) is 0 Å². The second-order valence-corrected chi connectivity index (χ2v) is 3.87. The molecule has 1 heterocycles. The number of hydrogen-bond acceptors (Lipinski definition) is 2. The Kier molecular flexibility index (Phi) is 1.88. The molecule has 62 valence electrons. The van der Waals surface area contributed by atoms with Crippen LogP contribution < -0.4 is 5.56 Å². The van der Waals surface area contributed by atoms with E-state index >= 15 is 0 Å². The summed E-state index contributed by atoms with van der Waals surface area (Å²) in [6.45, 7) is 0. The summed E-state index contributed by atoms with van der Waals surface area (Å²) < 4.78 is 5.75. The minimum Gasteiger partial charge on any atom is -0.378 e.